The van der Waals surface area contributed by atoms with Gasteiger partial charge in [-0.05, 0) is 24.6 Å². The summed E-state index contributed by atoms with van der Waals surface area (Å²) in [5.74, 6) is -0.141. The largest absolute Gasteiger partial charge is 0.351 e. The molecule has 1 N–H and O–H groups in total. The topological polar surface area (TPSA) is 66.5 Å². The van der Waals surface area contributed by atoms with Crippen LogP contribution < -0.4 is 5.32 Å². The van der Waals surface area contributed by atoms with E-state index in [0.717, 1.165) is 10.4 Å². The SMILES string of the molecule is CC(=O)NCc1ccc(S(=O)(=O)N(C)[C@@H](C)c2ccccc2)s1. The number of nitrogens with zero attached hydrogens (tertiary/aromatic N) is 1. The van der Waals surface area contributed by atoms with Gasteiger partial charge in [0.15, 0.2) is 0 Å². The zero-order chi connectivity index (χ0) is 17.0. The fourth-order valence-corrected chi connectivity index (χ4v) is 4.93. The predicted molar refractivity (Wildman–Crippen MR) is 91.6 cm³/mol. The highest BCUT2D eigenvalue weighted by Gasteiger charge is 2.27. The van der Waals surface area contributed by atoms with Gasteiger partial charge in [-0.1, -0.05) is 30.3 Å². The Morgan fingerprint density at radius 2 is 1.87 bits per heavy atom. The Morgan fingerprint density at radius 3 is 2.48 bits per heavy atom. The standard InChI is InChI=1S/C16H20N2O3S2/c1-12(14-7-5-4-6-8-14)18(3)23(20,21)16-10-9-15(22-16)11-17-13(2)19/h4-10,12H,11H2,1-3H3,(H,17,19)/t12-/m0/s1. The molecule has 0 bridgehead atoms. The summed E-state index contributed by atoms with van der Waals surface area (Å²) < 4.78 is 27.1. The summed E-state index contributed by atoms with van der Waals surface area (Å²) >= 11 is 1.18. The lowest BCUT2D eigenvalue weighted by molar-refractivity contribution is -0.119. The molecule has 1 atom stereocenters. The predicted octanol–water partition coefficient (Wildman–Crippen LogP) is 2.77. The summed E-state index contributed by atoms with van der Waals surface area (Å²) in [6.07, 6.45) is 0. The molecular formula is C16H20N2O3S2. The van der Waals surface area contributed by atoms with Crippen LogP contribution in [-0.4, -0.2) is 25.7 Å². The molecular weight excluding hydrogens is 332 g/mol. The van der Waals surface area contributed by atoms with Crippen molar-refractivity contribution in [1.29, 1.82) is 0 Å². The van der Waals surface area contributed by atoms with Crippen molar-refractivity contribution in [2.45, 2.75) is 30.6 Å². The van der Waals surface area contributed by atoms with E-state index in [2.05, 4.69) is 5.32 Å². The minimum atomic E-state index is -3.56. The molecule has 1 aromatic heterocycles. The minimum absolute atomic E-state index is 0.141. The number of nitrogens with one attached hydrogen (secondary N) is 1. The molecule has 23 heavy (non-hydrogen) atoms. The first-order valence-electron chi connectivity index (χ1n) is 7.18. The summed E-state index contributed by atoms with van der Waals surface area (Å²) in [6.45, 7) is 3.63. The molecule has 7 heteroatoms. The first-order chi connectivity index (χ1) is 10.8. The molecule has 0 radical (unpaired) electrons. The molecule has 0 unspecified atom stereocenters. The van der Waals surface area contributed by atoms with E-state index >= 15 is 0 Å². The molecule has 0 spiro atoms. The first kappa shape index (κ1) is 17.7. The summed E-state index contributed by atoms with van der Waals surface area (Å²) in [5.41, 5.74) is 0.939. The highest BCUT2D eigenvalue weighted by molar-refractivity contribution is 7.91. The van der Waals surface area contributed by atoms with E-state index in [4.69, 9.17) is 0 Å². The molecule has 5 nitrogen and oxygen atoms in total. The normalized spacial score (nSPS) is 13.0. The molecule has 2 rings (SSSR count). The van der Waals surface area contributed by atoms with Crippen LogP contribution in [0.4, 0.5) is 0 Å². The van der Waals surface area contributed by atoms with Crippen LogP contribution in [0.3, 0.4) is 0 Å². The zero-order valence-electron chi connectivity index (χ0n) is 13.3. The monoisotopic (exact) mass is 352 g/mol. The van der Waals surface area contributed by atoms with E-state index < -0.39 is 10.0 Å². The molecule has 1 amide bonds. The van der Waals surface area contributed by atoms with Crippen LogP contribution in [-0.2, 0) is 21.4 Å². The van der Waals surface area contributed by atoms with Crippen molar-refractivity contribution < 1.29 is 13.2 Å². The third-order valence-corrected chi connectivity index (χ3v) is 7.09. The molecule has 0 fully saturated rings. The van der Waals surface area contributed by atoms with Crippen LogP contribution in [0.1, 0.15) is 30.3 Å². The summed E-state index contributed by atoms with van der Waals surface area (Å²) in [4.78, 5) is 11.7. The number of sulfonamides is 1. The second-order valence-corrected chi connectivity index (χ2v) is 8.63. The third kappa shape index (κ3) is 4.19. The Balaban J connectivity index is 2.19. The van der Waals surface area contributed by atoms with Gasteiger partial charge in [0.1, 0.15) is 4.21 Å². The molecule has 0 aliphatic carbocycles. The molecule has 2 aromatic rings. The lowest BCUT2D eigenvalue weighted by Gasteiger charge is -2.24. The average molecular weight is 352 g/mol. The fourth-order valence-electron chi connectivity index (χ4n) is 2.10. The fraction of sp³-hybridized carbons (Fsp3) is 0.312. The van der Waals surface area contributed by atoms with Gasteiger partial charge < -0.3 is 5.32 Å². The summed E-state index contributed by atoms with van der Waals surface area (Å²) in [6, 6.07) is 12.6. The molecule has 124 valence electrons. The Labute approximate surface area is 141 Å². The Morgan fingerprint density at radius 1 is 1.22 bits per heavy atom. The lowest BCUT2D eigenvalue weighted by atomic mass is 10.1. The van der Waals surface area contributed by atoms with Gasteiger partial charge in [-0.25, -0.2) is 8.42 Å². The molecule has 0 saturated heterocycles. The number of carbonyl (C=O) groups is 1. The van der Waals surface area contributed by atoms with E-state index in [-0.39, 0.29) is 16.2 Å². The molecule has 0 saturated carbocycles. The number of hydrogen-bond acceptors (Lipinski definition) is 4. The average Bonchev–Trinajstić information content (AvgIpc) is 3.02. The van der Waals surface area contributed by atoms with Crippen LogP contribution >= 0.6 is 11.3 Å². The van der Waals surface area contributed by atoms with Crippen molar-refractivity contribution in [1.82, 2.24) is 9.62 Å². The van der Waals surface area contributed by atoms with Crippen molar-refractivity contribution in [2.24, 2.45) is 0 Å². The van der Waals surface area contributed by atoms with E-state index in [1.165, 1.54) is 22.6 Å². The number of amides is 1. The maximum Gasteiger partial charge on any atom is 0.252 e. The van der Waals surface area contributed by atoms with Gasteiger partial charge in [-0.15, -0.1) is 11.3 Å². The Hall–Kier alpha value is -1.70. The molecule has 1 aromatic carbocycles. The zero-order valence-corrected chi connectivity index (χ0v) is 14.9. The van der Waals surface area contributed by atoms with E-state index in [1.54, 1.807) is 19.2 Å². The Kier molecular flexibility index (Phi) is 5.56. The molecule has 0 aliphatic rings. The van der Waals surface area contributed by atoms with Crippen molar-refractivity contribution in [2.75, 3.05) is 7.05 Å². The number of hydrogen-bond donors (Lipinski definition) is 1. The van der Waals surface area contributed by atoms with Gasteiger partial charge in [0.05, 0.1) is 6.54 Å². The maximum atomic E-state index is 12.7. The van der Waals surface area contributed by atoms with Gasteiger partial charge in [0, 0.05) is 24.9 Å². The van der Waals surface area contributed by atoms with E-state index in [1.807, 2.05) is 37.3 Å². The summed E-state index contributed by atoms with van der Waals surface area (Å²) in [5, 5.41) is 2.67. The van der Waals surface area contributed by atoms with Crippen molar-refractivity contribution in [3.63, 3.8) is 0 Å². The maximum absolute atomic E-state index is 12.7. The van der Waals surface area contributed by atoms with E-state index in [0.29, 0.717) is 6.54 Å². The first-order valence-corrected chi connectivity index (χ1v) is 9.44. The third-order valence-electron chi connectivity index (χ3n) is 3.61. The highest BCUT2D eigenvalue weighted by Crippen LogP contribution is 2.29. The number of rotatable bonds is 6. The van der Waals surface area contributed by atoms with Crippen molar-refractivity contribution in [3.05, 3.63) is 52.9 Å². The van der Waals surface area contributed by atoms with Gasteiger partial charge in [-0.2, -0.15) is 4.31 Å². The van der Waals surface area contributed by atoms with Crippen LogP contribution in [0.15, 0.2) is 46.7 Å². The van der Waals surface area contributed by atoms with Crippen LogP contribution in [0, 0.1) is 0 Å². The van der Waals surface area contributed by atoms with Crippen LogP contribution in [0.25, 0.3) is 0 Å². The quantitative estimate of drug-likeness (QED) is 0.869. The van der Waals surface area contributed by atoms with Crippen molar-refractivity contribution in [3.8, 4) is 0 Å². The van der Waals surface area contributed by atoms with Gasteiger partial charge in [0.25, 0.3) is 10.0 Å². The van der Waals surface area contributed by atoms with Crippen molar-refractivity contribution >= 4 is 27.3 Å². The van der Waals surface area contributed by atoms with Crippen LogP contribution in [0.2, 0.25) is 0 Å². The minimum Gasteiger partial charge on any atom is -0.351 e. The second kappa shape index (κ2) is 7.25. The van der Waals surface area contributed by atoms with Gasteiger partial charge >= 0.3 is 0 Å². The van der Waals surface area contributed by atoms with Gasteiger partial charge in [-0.3, -0.25) is 4.79 Å². The highest BCUT2D eigenvalue weighted by atomic mass is 32.2. The van der Waals surface area contributed by atoms with E-state index in [9.17, 15) is 13.2 Å². The summed E-state index contributed by atoms with van der Waals surface area (Å²) in [7, 11) is -1.98. The number of thiophene rings is 1. The van der Waals surface area contributed by atoms with Crippen LogP contribution in [0.5, 0.6) is 0 Å². The lowest BCUT2D eigenvalue weighted by Crippen LogP contribution is -2.29. The number of benzene rings is 1. The molecule has 1 heterocycles. The Bertz CT molecular complexity index is 770. The smallest absolute Gasteiger partial charge is 0.252 e. The number of carbonyl (C=O) groups excluding carboxylic acids is 1. The second-order valence-electron chi connectivity index (χ2n) is 5.24. The molecule has 0 aliphatic heterocycles. The van der Waals surface area contributed by atoms with Gasteiger partial charge in [0.2, 0.25) is 5.91 Å².